The van der Waals surface area contributed by atoms with E-state index in [-0.39, 0.29) is 5.92 Å². The Bertz CT molecular complexity index is 1420. The largest absolute Gasteiger partial charge is 0.497 e. The molecule has 0 saturated heterocycles. The van der Waals surface area contributed by atoms with Gasteiger partial charge in [-0.2, -0.15) is 5.10 Å². The number of anilines is 3. The number of likely N-dealkylation sites (N-methyl/N-ethyl adjacent to an activating group) is 1. The Hall–Kier alpha value is -4.40. The van der Waals surface area contributed by atoms with E-state index in [1.807, 2.05) is 85.9 Å². The van der Waals surface area contributed by atoms with E-state index in [2.05, 4.69) is 27.1 Å². The predicted octanol–water partition coefficient (Wildman–Crippen LogP) is 4.46. The Morgan fingerprint density at radius 2 is 1.70 bits per heavy atom. The van der Waals surface area contributed by atoms with E-state index < -0.39 is 0 Å². The lowest BCUT2D eigenvalue weighted by Crippen LogP contribution is -2.19. The van der Waals surface area contributed by atoms with E-state index >= 15 is 0 Å². The molecule has 1 unspecified atom stereocenters. The Labute approximate surface area is 217 Å². The molecule has 0 radical (unpaired) electrons. The molecular weight excluding hydrogens is 466 g/mol. The molecule has 1 atom stereocenters. The average molecular weight is 498 g/mol. The van der Waals surface area contributed by atoms with Crippen molar-refractivity contribution in [3.63, 3.8) is 0 Å². The Morgan fingerprint density at radius 3 is 2.38 bits per heavy atom. The minimum atomic E-state index is 0.127. The normalized spacial score (nSPS) is 14.7. The first kappa shape index (κ1) is 24.3. The van der Waals surface area contributed by atoms with Gasteiger partial charge in [-0.3, -0.25) is 9.99 Å². The van der Waals surface area contributed by atoms with Gasteiger partial charge in [-0.15, -0.1) is 0 Å². The second-order valence-electron chi connectivity index (χ2n) is 9.22. The number of fused-ring (bicyclic) bond motifs is 1. The van der Waals surface area contributed by atoms with Gasteiger partial charge in [-0.25, -0.2) is 9.97 Å². The number of hydrazone groups is 1. The van der Waals surface area contributed by atoms with Gasteiger partial charge in [0.1, 0.15) is 17.3 Å². The Morgan fingerprint density at radius 1 is 0.919 bits per heavy atom. The Kier molecular flexibility index (Phi) is 6.76. The third kappa shape index (κ3) is 5.25. The summed E-state index contributed by atoms with van der Waals surface area (Å²) in [5, 5.41) is 6.27. The van der Waals surface area contributed by atoms with Crippen molar-refractivity contribution < 1.29 is 9.47 Å². The fourth-order valence-corrected chi connectivity index (χ4v) is 4.35. The number of benzene rings is 2. The standard InChI is InChI=1S/C28H31N7O2/c1-33(2)28-8-6-7-20(31-28)18-35(22-11-23(36-4)14-24(12-22)37-5)21-9-10-25-26(13-21)32-27(16-29-25)19-15-30-34(3)17-19/h6-16,19H,17-18H2,1-5H3. The van der Waals surface area contributed by atoms with Crippen molar-refractivity contribution in [2.24, 2.45) is 5.10 Å². The van der Waals surface area contributed by atoms with Gasteiger partial charge in [0.15, 0.2) is 0 Å². The van der Waals surface area contributed by atoms with Gasteiger partial charge < -0.3 is 19.3 Å². The number of hydrogen-bond acceptors (Lipinski definition) is 9. The molecule has 1 aliphatic rings. The summed E-state index contributed by atoms with van der Waals surface area (Å²) in [4.78, 5) is 18.7. The van der Waals surface area contributed by atoms with Gasteiger partial charge in [0.25, 0.3) is 0 Å². The summed E-state index contributed by atoms with van der Waals surface area (Å²) in [6.07, 6.45) is 3.77. The van der Waals surface area contributed by atoms with Gasteiger partial charge >= 0.3 is 0 Å². The van der Waals surface area contributed by atoms with Crippen LogP contribution < -0.4 is 19.3 Å². The van der Waals surface area contributed by atoms with Crippen molar-refractivity contribution in [2.75, 3.05) is 51.7 Å². The van der Waals surface area contributed by atoms with Crippen molar-refractivity contribution in [1.82, 2.24) is 20.0 Å². The van der Waals surface area contributed by atoms with E-state index in [1.54, 1.807) is 14.2 Å². The van der Waals surface area contributed by atoms with Crippen molar-refractivity contribution >= 4 is 34.4 Å². The van der Waals surface area contributed by atoms with Gasteiger partial charge in [0, 0.05) is 69.7 Å². The molecule has 0 fully saturated rings. The lowest BCUT2D eigenvalue weighted by molar-refractivity contribution is 0.380. The van der Waals surface area contributed by atoms with Crippen molar-refractivity contribution in [1.29, 1.82) is 0 Å². The molecule has 0 spiro atoms. The molecule has 9 nitrogen and oxygen atoms in total. The maximum atomic E-state index is 5.57. The van der Waals surface area contributed by atoms with Crippen molar-refractivity contribution in [2.45, 2.75) is 12.5 Å². The summed E-state index contributed by atoms with van der Waals surface area (Å²) < 4.78 is 11.1. The molecule has 0 bridgehead atoms. The molecule has 5 rings (SSSR count). The summed E-state index contributed by atoms with van der Waals surface area (Å²) in [6, 6.07) is 18.1. The van der Waals surface area contributed by atoms with E-state index in [4.69, 9.17) is 19.4 Å². The minimum Gasteiger partial charge on any atom is -0.497 e. The molecule has 190 valence electrons. The first-order valence-electron chi connectivity index (χ1n) is 12.1. The number of rotatable bonds is 8. The zero-order valence-corrected chi connectivity index (χ0v) is 21.8. The fraction of sp³-hybridized carbons (Fsp3) is 0.286. The summed E-state index contributed by atoms with van der Waals surface area (Å²) in [5.74, 6) is 2.45. The average Bonchev–Trinajstić information content (AvgIpc) is 3.37. The van der Waals surface area contributed by atoms with Crippen LogP contribution in [0.5, 0.6) is 11.5 Å². The third-order valence-corrected chi connectivity index (χ3v) is 6.36. The van der Waals surface area contributed by atoms with Gasteiger partial charge in [0.05, 0.1) is 49.1 Å². The Balaban J connectivity index is 1.59. The van der Waals surface area contributed by atoms with Gasteiger partial charge in [-0.05, 0) is 30.3 Å². The van der Waals surface area contributed by atoms with Crippen LogP contribution in [0.15, 0.2) is 65.9 Å². The zero-order valence-electron chi connectivity index (χ0n) is 21.8. The first-order valence-corrected chi connectivity index (χ1v) is 12.1. The van der Waals surface area contributed by atoms with Crippen LogP contribution in [0.2, 0.25) is 0 Å². The highest BCUT2D eigenvalue weighted by Gasteiger charge is 2.20. The molecule has 0 N–H and O–H groups in total. The zero-order chi connectivity index (χ0) is 25.9. The number of ether oxygens (including phenoxy) is 2. The SMILES string of the molecule is COc1cc(OC)cc(N(Cc2cccc(N(C)C)n2)c2ccc3ncc(C4C=NN(C)C4)nc3c2)c1. The molecule has 37 heavy (non-hydrogen) atoms. The maximum absolute atomic E-state index is 5.57. The van der Waals surface area contributed by atoms with E-state index in [0.717, 1.165) is 46.2 Å². The predicted molar refractivity (Wildman–Crippen MR) is 147 cm³/mol. The van der Waals surface area contributed by atoms with Crippen molar-refractivity contribution in [3.05, 3.63) is 72.2 Å². The summed E-state index contributed by atoms with van der Waals surface area (Å²) in [7, 11) is 9.25. The second-order valence-corrected chi connectivity index (χ2v) is 9.22. The summed E-state index contributed by atoms with van der Waals surface area (Å²) in [6.45, 7) is 1.33. The van der Waals surface area contributed by atoms with E-state index in [1.165, 1.54) is 0 Å². The number of hydrogen-bond donors (Lipinski definition) is 0. The molecular formula is C28H31N7O2. The molecule has 1 aliphatic heterocycles. The lowest BCUT2D eigenvalue weighted by atomic mass is 10.1. The molecule has 9 heteroatoms. The molecule has 4 aromatic rings. The molecule has 0 aliphatic carbocycles. The highest BCUT2D eigenvalue weighted by molar-refractivity contribution is 5.82. The third-order valence-electron chi connectivity index (χ3n) is 6.36. The molecule has 3 heterocycles. The van der Waals surface area contributed by atoms with Crippen LogP contribution in [-0.4, -0.2) is 68.1 Å². The van der Waals surface area contributed by atoms with Crippen LogP contribution in [0.3, 0.4) is 0 Å². The number of nitrogens with zero attached hydrogens (tertiary/aromatic N) is 7. The van der Waals surface area contributed by atoms with Crippen LogP contribution >= 0.6 is 0 Å². The quantitative estimate of drug-likeness (QED) is 0.353. The van der Waals surface area contributed by atoms with E-state index in [9.17, 15) is 0 Å². The van der Waals surface area contributed by atoms with E-state index in [0.29, 0.717) is 18.0 Å². The first-order chi connectivity index (χ1) is 17.9. The van der Waals surface area contributed by atoms with Crippen LogP contribution in [0.4, 0.5) is 17.2 Å². The van der Waals surface area contributed by atoms with Gasteiger partial charge in [-0.1, -0.05) is 6.07 Å². The minimum absolute atomic E-state index is 0.127. The molecule has 2 aromatic carbocycles. The fourth-order valence-electron chi connectivity index (χ4n) is 4.35. The summed E-state index contributed by atoms with van der Waals surface area (Å²) >= 11 is 0. The van der Waals surface area contributed by atoms with Crippen LogP contribution in [0.25, 0.3) is 11.0 Å². The van der Waals surface area contributed by atoms with Crippen LogP contribution in [0, 0.1) is 0 Å². The van der Waals surface area contributed by atoms with Crippen molar-refractivity contribution in [3.8, 4) is 11.5 Å². The molecule has 0 amide bonds. The monoisotopic (exact) mass is 497 g/mol. The number of aromatic nitrogens is 3. The highest BCUT2D eigenvalue weighted by Crippen LogP contribution is 2.35. The topological polar surface area (TPSA) is 79.2 Å². The van der Waals surface area contributed by atoms with Crippen LogP contribution in [0.1, 0.15) is 17.3 Å². The summed E-state index contributed by atoms with van der Waals surface area (Å²) in [5.41, 5.74) is 5.38. The number of methoxy groups -OCH3 is 2. The smallest absolute Gasteiger partial charge is 0.128 e. The van der Waals surface area contributed by atoms with Crippen LogP contribution in [-0.2, 0) is 6.54 Å². The maximum Gasteiger partial charge on any atom is 0.128 e. The lowest BCUT2D eigenvalue weighted by Gasteiger charge is -2.26. The second kappa shape index (κ2) is 10.3. The van der Waals surface area contributed by atoms with Gasteiger partial charge in [0.2, 0.25) is 0 Å². The highest BCUT2D eigenvalue weighted by atomic mass is 16.5. The number of pyridine rings is 1. The molecule has 0 saturated carbocycles. The molecule has 2 aromatic heterocycles.